The minimum atomic E-state index is -1.05. The molecule has 32 heavy (non-hydrogen) atoms. The van der Waals surface area contributed by atoms with Crippen molar-refractivity contribution in [1.29, 1.82) is 0 Å². The number of aromatic nitrogens is 2. The zero-order chi connectivity index (χ0) is 22.7. The van der Waals surface area contributed by atoms with Crippen LogP contribution in [-0.4, -0.2) is 33.1 Å². The molecule has 0 radical (unpaired) electrons. The summed E-state index contributed by atoms with van der Waals surface area (Å²) in [5, 5.41) is 2.79. The van der Waals surface area contributed by atoms with E-state index in [9.17, 15) is 22.8 Å². The molecule has 1 aromatic heterocycles. The molecule has 10 heteroatoms. The van der Waals surface area contributed by atoms with Gasteiger partial charge in [0.15, 0.2) is 16.8 Å². The number of nitrogens with one attached hydrogen (secondary N) is 2. The number of H-pyrrole nitrogens is 1. The highest BCUT2D eigenvalue weighted by Gasteiger charge is 2.21. The number of aromatic amines is 1. The molecule has 2 heterocycles. The fourth-order valence-corrected chi connectivity index (χ4v) is 4.09. The molecule has 0 fully saturated rings. The molecular weight excluding hydrogens is 441 g/mol. The number of anilines is 1. The van der Waals surface area contributed by atoms with Gasteiger partial charge in [0.25, 0.3) is 5.56 Å². The predicted octanol–water partition coefficient (Wildman–Crippen LogP) is 3.48. The molecule has 0 unspecified atom stereocenters. The van der Waals surface area contributed by atoms with Crippen molar-refractivity contribution >= 4 is 23.4 Å². The Morgan fingerprint density at radius 2 is 1.91 bits per heavy atom. The molecule has 2 N–H and O–H groups in total. The van der Waals surface area contributed by atoms with Gasteiger partial charge >= 0.3 is 0 Å². The summed E-state index contributed by atoms with van der Waals surface area (Å²) >= 11 is 1.05. The van der Waals surface area contributed by atoms with Crippen LogP contribution in [0, 0.1) is 17.5 Å². The fourth-order valence-electron chi connectivity index (χ4n) is 3.41. The van der Waals surface area contributed by atoms with Crippen LogP contribution in [-0.2, 0) is 24.3 Å². The molecule has 0 spiro atoms. The topological polar surface area (TPSA) is 78.1 Å². The number of halogens is 3. The van der Waals surface area contributed by atoms with E-state index in [1.54, 1.807) is 12.1 Å². The van der Waals surface area contributed by atoms with Crippen molar-refractivity contribution in [2.45, 2.75) is 24.7 Å². The van der Waals surface area contributed by atoms with Gasteiger partial charge in [-0.05, 0) is 29.8 Å². The average Bonchev–Trinajstić information content (AvgIpc) is 2.77. The highest BCUT2D eigenvalue weighted by atomic mass is 32.2. The lowest BCUT2D eigenvalue weighted by Crippen LogP contribution is -2.35. The van der Waals surface area contributed by atoms with E-state index in [1.165, 1.54) is 18.2 Å². The maximum absolute atomic E-state index is 13.3. The van der Waals surface area contributed by atoms with Gasteiger partial charge in [-0.15, -0.1) is 0 Å². The Hall–Kier alpha value is -3.11. The van der Waals surface area contributed by atoms with E-state index < -0.39 is 17.5 Å². The van der Waals surface area contributed by atoms with Crippen molar-refractivity contribution < 1.29 is 18.0 Å². The first-order chi connectivity index (χ1) is 15.4. The number of rotatable bonds is 6. The van der Waals surface area contributed by atoms with Gasteiger partial charge in [0, 0.05) is 37.8 Å². The first-order valence-corrected chi connectivity index (χ1v) is 10.8. The summed E-state index contributed by atoms with van der Waals surface area (Å²) in [5.41, 5.74) is 2.10. The van der Waals surface area contributed by atoms with Crippen LogP contribution in [0.5, 0.6) is 0 Å². The van der Waals surface area contributed by atoms with Crippen LogP contribution in [0.3, 0.4) is 0 Å². The number of nitrogens with zero attached hydrogens (tertiary/aromatic N) is 2. The molecule has 1 amide bonds. The lowest BCUT2D eigenvalue weighted by atomic mass is 10.1. The molecule has 4 rings (SSSR count). The van der Waals surface area contributed by atoms with E-state index in [0.717, 1.165) is 29.5 Å². The normalized spacial score (nSPS) is 13.6. The van der Waals surface area contributed by atoms with Crippen LogP contribution in [0.25, 0.3) is 0 Å². The maximum atomic E-state index is 13.3. The second-order valence-electron chi connectivity index (χ2n) is 7.35. The van der Waals surface area contributed by atoms with Crippen LogP contribution in [0.4, 0.5) is 18.9 Å². The smallest absolute Gasteiger partial charge is 0.256 e. The SMILES string of the molecule is O=C(CSc1nc2c(c(=O)[nH]1)CN(Cc1ccc(F)cc1)CC2)Nc1ccc(F)c(F)c1. The third kappa shape index (κ3) is 5.38. The summed E-state index contributed by atoms with van der Waals surface area (Å²) in [6, 6.07) is 9.35. The van der Waals surface area contributed by atoms with Crippen LogP contribution in [0.2, 0.25) is 0 Å². The quantitative estimate of drug-likeness (QED) is 0.435. The van der Waals surface area contributed by atoms with Crippen LogP contribution >= 0.6 is 11.8 Å². The van der Waals surface area contributed by atoms with Crippen molar-refractivity contribution in [2.75, 3.05) is 17.6 Å². The number of carbonyl (C=O) groups is 1. The van der Waals surface area contributed by atoms with Crippen molar-refractivity contribution in [3.05, 3.63) is 87.1 Å². The largest absolute Gasteiger partial charge is 0.325 e. The number of thioether (sulfide) groups is 1. The van der Waals surface area contributed by atoms with Gasteiger partial charge in [0.05, 0.1) is 17.0 Å². The third-order valence-electron chi connectivity index (χ3n) is 4.99. The number of benzene rings is 2. The van der Waals surface area contributed by atoms with Crippen LogP contribution in [0.15, 0.2) is 52.4 Å². The van der Waals surface area contributed by atoms with Crippen molar-refractivity contribution in [3.8, 4) is 0 Å². The maximum Gasteiger partial charge on any atom is 0.256 e. The number of carbonyl (C=O) groups excluding carboxylic acids is 1. The Morgan fingerprint density at radius 1 is 1.12 bits per heavy atom. The number of amides is 1. The molecular formula is C22H19F3N4O2S. The second-order valence-corrected chi connectivity index (χ2v) is 8.31. The molecule has 0 bridgehead atoms. The van der Waals surface area contributed by atoms with E-state index in [2.05, 4.69) is 20.2 Å². The van der Waals surface area contributed by atoms with E-state index in [-0.39, 0.29) is 22.8 Å². The highest BCUT2D eigenvalue weighted by Crippen LogP contribution is 2.20. The fraction of sp³-hybridized carbons (Fsp3) is 0.227. The van der Waals surface area contributed by atoms with Crippen molar-refractivity contribution in [2.24, 2.45) is 0 Å². The lowest BCUT2D eigenvalue weighted by molar-refractivity contribution is -0.113. The van der Waals surface area contributed by atoms with E-state index in [0.29, 0.717) is 42.5 Å². The predicted molar refractivity (Wildman–Crippen MR) is 115 cm³/mol. The Balaban J connectivity index is 1.36. The van der Waals surface area contributed by atoms with Gasteiger partial charge in [-0.1, -0.05) is 23.9 Å². The number of fused-ring (bicyclic) bond motifs is 1. The first kappa shape index (κ1) is 22.1. The van der Waals surface area contributed by atoms with Crippen molar-refractivity contribution in [1.82, 2.24) is 14.9 Å². The minimum Gasteiger partial charge on any atom is -0.325 e. The molecule has 0 saturated heterocycles. The molecule has 0 aliphatic carbocycles. The summed E-state index contributed by atoms with van der Waals surface area (Å²) < 4.78 is 39.3. The average molecular weight is 460 g/mol. The van der Waals surface area contributed by atoms with Gasteiger partial charge in [0.1, 0.15) is 5.82 Å². The van der Waals surface area contributed by atoms with Gasteiger partial charge in [-0.2, -0.15) is 0 Å². The minimum absolute atomic E-state index is 0.0581. The molecule has 1 aliphatic heterocycles. The van der Waals surface area contributed by atoms with Crippen LogP contribution < -0.4 is 10.9 Å². The molecule has 166 valence electrons. The van der Waals surface area contributed by atoms with E-state index in [1.807, 2.05) is 0 Å². The number of hydrogen-bond acceptors (Lipinski definition) is 5. The summed E-state index contributed by atoms with van der Waals surface area (Å²) in [6.45, 7) is 1.72. The van der Waals surface area contributed by atoms with Gasteiger partial charge < -0.3 is 10.3 Å². The Bertz CT molecular complexity index is 1200. The molecule has 1 aliphatic rings. The molecule has 0 atom stereocenters. The zero-order valence-electron chi connectivity index (χ0n) is 16.8. The summed E-state index contributed by atoms with van der Waals surface area (Å²) in [4.78, 5) is 33.9. The third-order valence-corrected chi connectivity index (χ3v) is 5.86. The van der Waals surface area contributed by atoms with E-state index in [4.69, 9.17) is 0 Å². The summed E-state index contributed by atoms with van der Waals surface area (Å²) in [7, 11) is 0. The van der Waals surface area contributed by atoms with Gasteiger partial charge in [-0.3, -0.25) is 14.5 Å². The van der Waals surface area contributed by atoms with Gasteiger partial charge in [-0.25, -0.2) is 18.2 Å². The monoisotopic (exact) mass is 460 g/mol. The van der Waals surface area contributed by atoms with Gasteiger partial charge in [0.2, 0.25) is 5.91 Å². The Kier molecular flexibility index (Phi) is 6.61. The summed E-state index contributed by atoms with van der Waals surface area (Å²) in [5.74, 6) is -2.83. The van der Waals surface area contributed by atoms with Crippen molar-refractivity contribution in [3.63, 3.8) is 0 Å². The lowest BCUT2D eigenvalue weighted by Gasteiger charge is -2.27. The molecule has 6 nitrogen and oxygen atoms in total. The standard InChI is InChI=1S/C22H19F3N4O2S/c23-14-3-1-13(2-4-14)10-29-8-7-19-16(11-29)21(31)28-22(27-19)32-12-20(30)26-15-5-6-17(24)18(25)9-15/h1-6,9H,7-8,10-12H2,(H,26,30)(H,27,28,31). The highest BCUT2D eigenvalue weighted by molar-refractivity contribution is 7.99. The molecule has 0 saturated carbocycles. The van der Waals surface area contributed by atoms with Crippen LogP contribution in [0.1, 0.15) is 16.8 Å². The number of hydrogen-bond donors (Lipinski definition) is 2. The zero-order valence-corrected chi connectivity index (χ0v) is 17.6. The summed E-state index contributed by atoms with van der Waals surface area (Å²) in [6.07, 6.45) is 0.578. The van der Waals surface area contributed by atoms with E-state index >= 15 is 0 Å². The molecule has 3 aromatic rings. The second kappa shape index (κ2) is 9.58. The molecule has 2 aromatic carbocycles. The Morgan fingerprint density at radius 3 is 2.66 bits per heavy atom. The first-order valence-electron chi connectivity index (χ1n) is 9.84. The Labute approximate surface area is 185 Å².